The van der Waals surface area contributed by atoms with E-state index in [1.54, 1.807) is 17.0 Å². The molecule has 1 aliphatic rings. The summed E-state index contributed by atoms with van der Waals surface area (Å²) in [5.41, 5.74) is -0.00795. The van der Waals surface area contributed by atoms with E-state index in [-0.39, 0.29) is 5.56 Å². The highest BCUT2D eigenvalue weighted by Crippen LogP contribution is 2.33. The highest BCUT2D eigenvalue weighted by Gasteiger charge is 2.25. The predicted octanol–water partition coefficient (Wildman–Crippen LogP) is 1.42. The van der Waals surface area contributed by atoms with Crippen LogP contribution in [0.25, 0.3) is 0 Å². The quantitative estimate of drug-likeness (QED) is 0.729. The summed E-state index contributed by atoms with van der Waals surface area (Å²) in [5.74, 6) is 0.455. The van der Waals surface area contributed by atoms with Gasteiger partial charge >= 0.3 is 0 Å². The third kappa shape index (κ3) is 3.30. The van der Waals surface area contributed by atoms with Gasteiger partial charge in [-0.25, -0.2) is 4.98 Å². The van der Waals surface area contributed by atoms with E-state index < -0.39 is 0 Å². The second-order valence-electron chi connectivity index (χ2n) is 4.20. The predicted molar refractivity (Wildman–Crippen MR) is 66.4 cm³/mol. The van der Waals surface area contributed by atoms with E-state index in [0.29, 0.717) is 18.5 Å². The minimum atomic E-state index is -0.00795. The molecule has 1 aliphatic carbocycles. The average molecular weight is 237 g/mol. The van der Waals surface area contributed by atoms with Crippen molar-refractivity contribution < 1.29 is 4.74 Å². The van der Waals surface area contributed by atoms with E-state index in [0.717, 1.165) is 32.4 Å². The molecule has 5 nitrogen and oxygen atoms in total. The van der Waals surface area contributed by atoms with Crippen LogP contribution in [0.4, 0.5) is 5.82 Å². The minimum absolute atomic E-state index is 0.00795. The molecule has 0 radical (unpaired) electrons. The highest BCUT2D eigenvalue weighted by molar-refractivity contribution is 5.30. The van der Waals surface area contributed by atoms with Gasteiger partial charge in [0.15, 0.2) is 5.82 Å². The number of ether oxygens (including phenoxy) is 1. The molecule has 17 heavy (non-hydrogen) atoms. The van der Waals surface area contributed by atoms with Crippen LogP contribution in [-0.4, -0.2) is 29.3 Å². The summed E-state index contributed by atoms with van der Waals surface area (Å²) >= 11 is 0. The van der Waals surface area contributed by atoms with Gasteiger partial charge in [0.1, 0.15) is 0 Å². The first-order chi connectivity index (χ1) is 8.33. The van der Waals surface area contributed by atoms with Crippen molar-refractivity contribution in [1.29, 1.82) is 0 Å². The van der Waals surface area contributed by atoms with Crippen molar-refractivity contribution in [3.8, 4) is 0 Å². The van der Waals surface area contributed by atoms with Crippen LogP contribution in [0.3, 0.4) is 0 Å². The van der Waals surface area contributed by atoms with Crippen LogP contribution in [0.1, 0.15) is 32.2 Å². The number of anilines is 1. The van der Waals surface area contributed by atoms with Crippen LogP contribution in [0.2, 0.25) is 0 Å². The van der Waals surface area contributed by atoms with Crippen molar-refractivity contribution in [2.45, 2.75) is 32.2 Å². The molecule has 1 heterocycles. The van der Waals surface area contributed by atoms with Gasteiger partial charge in [0.25, 0.3) is 5.56 Å². The number of nitrogens with zero attached hydrogens (tertiary/aromatic N) is 2. The zero-order valence-corrected chi connectivity index (χ0v) is 10.2. The third-order valence-electron chi connectivity index (χ3n) is 2.77. The lowest BCUT2D eigenvalue weighted by molar-refractivity contribution is 0.147. The first-order valence-electron chi connectivity index (χ1n) is 6.21. The fourth-order valence-electron chi connectivity index (χ4n) is 1.71. The molecule has 1 aromatic heterocycles. The van der Waals surface area contributed by atoms with Gasteiger partial charge in [-0.2, -0.15) is 0 Å². The Labute approximate surface area is 101 Å². The SMILES string of the molecule is CCOCCCNc1nccn(C2CC2)c1=O. The van der Waals surface area contributed by atoms with Crippen LogP contribution in [0.5, 0.6) is 0 Å². The largest absolute Gasteiger partial charge is 0.382 e. The van der Waals surface area contributed by atoms with Crippen molar-refractivity contribution in [1.82, 2.24) is 9.55 Å². The molecule has 0 unspecified atom stereocenters. The standard InChI is InChI=1S/C12H19N3O2/c1-2-17-9-3-6-13-11-12(16)15(8-7-14-11)10-4-5-10/h7-8,10H,2-6,9H2,1H3,(H,13,14). The molecule has 0 aliphatic heterocycles. The molecule has 0 atom stereocenters. The molecule has 1 saturated carbocycles. The van der Waals surface area contributed by atoms with E-state index in [4.69, 9.17) is 4.74 Å². The van der Waals surface area contributed by atoms with E-state index in [9.17, 15) is 4.79 Å². The van der Waals surface area contributed by atoms with Crippen molar-refractivity contribution in [2.24, 2.45) is 0 Å². The smallest absolute Gasteiger partial charge is 0.293 e. The Hall–Kier alpha value is -1.36. The number of aromatic nitrogens is 2. The Kier molecular flexibility index (Phi) is 4.14. The number of nitrogens with one attached hydrogen (secondary N) is 1. The van der Waals surface area contributed by atoms with E-state index in [2.05, 4.69) is 10.3 Å². The van der Waals surface area contributed by atoms with Crippen molar-refractivity contribution >= 4 is 5.82 Å². The Morgan fingerprint density at radius 3 is 3.12 bits per heavy atom. The maximum atomic E-state index is 12.0. The van der Waals surface area contributed by atoms with Gasteiger partial charge in [0.05, 0.1) is 0 Å². The molecular formula is C12H19N3O2. The second kappa shape index (κ2) is 5.82. The molecule has 94 valence electrons. The Balaban J connectivity index is 1.87. The number of hydrogen-bond acceptors (Lipinski definition) is 4. The maximum Gasteiger partial charge on any atom is 0.293 e. The van der Waals surface area contributed by atoms with Gasteiger partial charge in [-0.1, -0.05) is 0 Å². The van der Waals surface area contributed by atoms with Gasteiger partial charge in [0.2, 0.25) is 0 Å². The normalized spacial score (nSPS) is 14.9. The molecule has 0 saturated heterocycles. The summed E-state index contributed by atoms with van der Waals surface area (Å²) in [6.45, 7) is 4.14. The molecule has 0 amide bonds. The fraction of sp³-hybridized carbons (Fsp3) is 0.667. The van der Waals surface area contributed by atoms with Crippen LogP contribution in [0.15, 0.2) is 17.2 Å². The molecule has 1 aromatic rings. The van der Waals surface area contributed by atoms with E-state index in [1.807, 2.05) is 6.92 Å². The van der Waals surface area contributed by atoms with E-state index in [1.165, 1.54) is 0 Å². The zero-order valence-electron chi connectivity index (χ0n) is 10.2. The summed E-state index contributed by atoms with van der Waals surface area (Å²) in [7, 11) is 0. The molecule has 2 rings (SSSR count). The number of hydrogen-bond donors (Lipinski definition) is 1. The van der Waals surface area contributed by atoms with Gasteiger partial charge in [0, 0.05) is 38.2 Å². The van der Waals surface area contributed by atoms with Crippen LogP contribution in [-0.2, 0) is 4.74 Å². The maximum absolute atomic E-state index is 12.0. The highest BCUT2D eigenvalue weighted by atomic mass is 16.5. The van der Waals surface area contributed by atoms with Crippen LogP contribution >= 0.6 is 0 Å². The Morgan fingerprint density at radius 2 is 2.41 bits per heavy atom. The fourth-order valence-corrected chi connectivity index (χ4v) is 1.71. The molecular weight excluding hydrogens is 218 g/mol. The second-order valence-corrected chi connectivity index (χ2v) is 4.20. The van der Waals surface area contributed by atoms with Crippen molar-refractivity contribution in [3.63, 3.8) is 0 Å². The lowest BCUT2D eigenvalue weighted by atomic mass is 10.4. The first-order valence-corrected chi connectivity index (χ1v) is 6.21. The molecule has 0 bridgehead atoms. The Bertz CT molecular complexity index is 412. The number of rotatable bonds is 7. The topological polar surface area (TPSA) is 56.1 Å². The summed E-state index contributed by atoms with van der Waals surface area (Å²) in [6, 6.07) is 0.398. The first kappa shape index (κ1) is 12.1. The Morgan fingerprint density at radius 1 is 1.59 bits per heavy atom. The van der Waals surface area contributed by atoms with Crippen molar-refractivity contribution in [3.05, 3.63) is 22.7 Å². The van der Waals surface area contributed by atoms with Gasteiger partial charge in [-0.05, 0) is 26.2 Å². The summed E-state index contributed by atoms with van der Waals surface area (Å²) in [6.07, 6.45) is 6.55. The molecule has 0 spiro atoms. The summed E-state index contributed by atoms with van der Waals surface area (Å²) in [4.78, 5) is 16.1. The molecule has 1 fully saturated rings. The summed E-state index contributed by atoms with van der Waals surface area (Å²) in [5, 5.41) is 3.07. The van der Waals surface area contributed by atoms with Crippen LogP contribution in [0, 0.1) is 0 Å². The lowest BCUT2D eigenvalue weighted by Crippen LogP contribution is -2.24. The molecule has 0 aromatic carbocycles. The van der Waals surface area contributed by atoms with Crippen LogP contribution < -0.4 is 10.9 Å². The molecule has 5 heteroatoms. The monoisotopic (exact) mass is 237 g/mol. The lowest BCUT2D eigenvalue weighted by Gasteiger charge is -2.07. The van der Waals surface area contributed by atoms with Gasteiger partial charge in [-0.3, -0.25) is 4.79 Å². The van der Waals surface area contributed by atoms with Gasteiger partial charge in [-0.15, -0.1) is 0 Å². The minimum Gasteiger partial charge on any atom is -0.382 e. The average Bonchev–Trinajstić information content (AvgIpc) is 3.15. The zero-order chi connectivity index (χ0) is 12.1. The summed E-state index contributed by atoms with van der Waals surface area (Å²) < 4.78 is 7.01. The molecule has 1 N–H and O–H groups in total. The van der Waals surface area contributed by atoms with E-state index >= 15 is 0 Å². The van der Waals surface area contributed by atoms with Gasteiger partial charge < -0.3 is 14.6 Å². The van der Waals surface area contributed by atoms with Crippen molar-refractivity contribution in [2.75, 3.05) is 25.1 Å². The third-order valence-corrected chi connectivity index (χ3v) is 2.77.